The molecule has 1 saturated heterocycles. The van der Waals surface area contributed by atoms with Gasteiger partial charge in [-0.1, -0.05) is 24.3 Å². The maximum absolute atomic E-state index is 12.9. The number of benzene rings is 2. The van der Waals surface area contributed by atoms with Gasteiger partial charge in [-0.3, -0.25) is 0 Å². The third-order valence-electron chi connectivity index (χ3n) is 4.43. The van der Waals surface area contributed by atoms with Crippen molar-refractivity contribution in [2.75, 3.05) is 20.2 Å². The van der Waals surface area contributed by atoms with Crippen molar-refractivity contribution in [2.45, 2.75) is 23.6 Å². The highest BCUT2D eigenvalue weighted by atomic mass is 32.2. The van der Waals surface area contributed by atoms with Crippen molar-refractivity contribution in [3.05, 3.63) is 54.1 Å². The van der Waals surface area contributed by atoms with Crippen LogP contribution >= 0.6 is 0 Å². The number of rotatable bonds is 5. The molecule has 9 heteroatoms. The van der Waals surface area contributed by atoms with Gasteiger partial charge in [0.15, 0.2) is 0 Å². The third kappa shape index (κ3) is 4.36. The minimum Gasteiger partial charge on any atom is -0.497 e. The SMILES string of the molecule is COc1ccc(C2CCN(S(=O)(=O)c3ccccc3OC(F)(F)F)C2)cc1. The quantitative estimate of drug-likeness (QED) is 0.765. The second kappa shape index (κ2) is 7.40. The Morgan fingerprint density at radius 2 is 1.74 bits per heavy atom. The fourth-order valence-electron chi connectivity index (χ4n) is 3.11. The lowest BCUT2D eigenvalue weighted by Gasteiger charge is -2.19. The smallest absolute Gasteiger partial charge is 0.497 e. The predicted molar refractivity (Wildman–Crippen MR) is 92.2 cm³/mol. The highest BCUT2D eigenvalue weighted by molar-refractivity contribution is 7.89. The van der Waals surface area contributed by atoms with E-state index in [0.717, 1.165) is 17.7 Å². The van der Waals surface area contributed by atoms with E-state index in [4.69, 9.17) is 4.74 Å². The van der Waals surface area contributed by atoms with E-state index in [2.05, 4.69) is 4.74 Å². The molecular weight excluding hydrogens is 383 g/mol. The van der Waals surface area contributed by atoms with E-state index in [1.54, 1.807) is 19.2 Å². The molecule has 1 aliphatic heterocycles. The van der Waals surface area contributed by atoms with Gasteiger partial charge in [-0.05, 0) is 42.2 Å². The number of alkyl halides is 3. The van der Waals surface area contributed by atoms with Crippen LogP contribution in [0.1, 0.15) is 17.9 Å². The molecule has 1 heterocycles. The zero-order chi connectivity index (χ0) is 19.7. The summed E-state index contributed by atoms with van der Waals surface area (Å²) in [4.78, 5) is -0.488. The molecule has 0 saturated carbocycles. The Kier molecular flexibility index (Phi) is 5.34. The third-order valence-corrected chi connectivity index (χ3v) is 6.34. The zero-order valence-electron chi connectivity index (χ0n) is 14.4. The van der Waals surface area contributed by atoms with Crippen molar-refractivity contribution >= 4 is 10.0 Å². The van der Waals surface area contributed by atoms with Gasteiger partial charge in [-0.2, -0.15) is 4.31 Å². The van der Waals surface area contributed by atoms with Crippen LogP contribution in [0.4, 0.5) is 13.2 Å². The van der Waals surface area contributed by atoms with Gasteiger partial charge in [0.1, 0.15) is 16.4 Å². The molecule has 1 fully saturated rings. The summed E-state index contributed by atoms with van der Waals surface area (Å²) in [6.45, 7) is 0.411. The van der Waals surface area contributed by atoms with Gasteiger partial charge in [-0.25, -0.2) is 8.42 Å². The first-order valence-corrected chi connectivity index (χ1v) is 9.63. The monoisotopic (exact) mass is 401 g/mol. The molecule has 2 aromatic carbocycles. The summed E-state index contributed by atoms with van der Waals surface area (Å²) in [5.41, 5.74) is 0.952. The molecule has 0 bridgehead atoms. The number of nitrogens with zero attached hydrogens (tertiary/aromatic N) is 1. The van der Waals surface area contributed by atoms with E-state index in [9.17, 15) is 21.6 Å². The van der Waals surface area contributed by atoms with Crippen LogP contribution in [-0.2, 0) is 10.0 Å². The summed E-state index contributed by atoms with van der Waals surface area (Å²) >= 11 is 0. The van der Waals surface area contributed by atoms with Crippen molar-refractivity contribution < 1.29 is 31.1 Å². The van der Waals surface area contributed by atoms with E-state index in [1.165, 1.54) is 16.4 Å². The molecule has 0 spiro atoms. The van der Waals surface area contributed by atoms with Gasteiger partial charge < -0.3 is 9.47 Å². The summed E-state index contributed by atoms with van der Waals surface area (Å²) in [6.07, 6.45) is -4.39. The Hall–Kier alpha value is -2.26. The average Bonchev–Trinajstić information content (AvgIpc) is 3.12. The van der Waals surface area contributed by atoms with Crippen LogP contribution in [0.2, 0.25) is 0 Å². The summed E-state index contributed by atoms with van der Waals surface area (Å²) in [6, 6.07) is 12.1. The molecule has 1 unspecified atom stereocenters. The lowest BCUT2D eigenvalue weighted by molar-refractivity contribution is -0.275. The van der Waals surface area contributed by atoms with Crippen LogP contribution in [0.3, 0.4) is 0 Å². The fourth-order valence-corrected chi connectivity index (χ4v) is 4.72. The molecule has 0 N–H and O–H groups in total. The summed E-state index contributed by atoms with van der Waals surface area (Å²) < 4.78 is 73.7. The molecule has 0 aromatic heterocycles. The largest absolute Gasteiger partial charge is 0.573 e. The van der Waals surface area contributed by atoms with Crippen LogP contribution < -0.4 is 9.47 Å². The van der Waals surface area contributed by atoms with Gasteiger partial charge in [0.05, 0.1) is 7.11 Å². The molecule has 0 aliphatic carbocycles. The maximum Gasteiger partial charge on any atom is 0.573 e. The molecule has 1 atom stereocenters. The van der Waals surface area contributed by atoms with Gasteiger partial charge in [0, 0.05) is 13.1 Å². The molecule has 1 aliphatic rings. The minimum absolute atomic E-state index is 0.0404. The van der Waals surface area contributed by atoms with Crippen molar-refractivity contribution in [1.29, 1.82) is 0 Å². The number of methoxy groups -OCH3 is 1. The van der Waals surface area contributed by atoms with Crippen molar-refractivity contribution in [2.24, 2.45) is 0 Å². The van der Waals surface area contributed by atoms with Crippen LogP contribution in [-0.4, -0.2) is 39.3 Å². The number of hydrogen-bond acceptors (Lipinski definition) is 4. The van der Waals surface area contributed by atoms with Crippen molar-refractivity contribution in [3.8, 4) is 11.5 Å². The Labute approximate surface area is 155 Å². The molecular formula is C18H18F3NO4S. The standard InChI is InChI=1S/C18H18F3NO4S/c1-25-15-8-6-13(7-9-15)14-10-11-22(12-14)27(23,24)17-5-3-2-4-16(17)26-18(19,20)21/h2-9,14H,10-12H2,1H3. The Bertz CT molecular complexity index is 898. The highest BCUT2D eigenvalue weighted by Gasteiger charge is 2.38. The first-order valence-electron chi connectivity index (χ1n) is 8.19. The van der Waals surface area contributed by atoms with Crippen molar-refractivity contribution in [3.63, 3.8) is 0 Å². The molecule has 146 valence electrons. The fraction of sp³-hybridized carbons (Fsp3) is 0.333. The minimum atomic E-state index is -4.97. The van der Waals surface area contributed by atoms with E-state index >= 15 is 0 Å². The highest BCUT2D eigenvalue weighted by Crippen LogP contribution is 2.36. The average molecular weight is 401 g/mol. The predicted octanol–water partition coefficient (Wildman–Crippen LogP) is 3.77. The van der Waals surface area contributed by atoms with Crippen LogP contribution in [0.15, 0.2) is 53.4 Å². The van der Waals surface area contributed by atoms with Crippen LogP contribution in [0, 0.1) is 0 Å². The topological polar surface area (TPSA) is 55.8 Å². The van der Waals surface area contributed by atoms with Crippen molar-refractivity contribution in [1.82, 2.24) is 4.31 Å². The summed E-state index contributed by atoms with van der Waals surface area (Å²) in [5, 5.41) is 0. The second-order valence-corrected chi connectivity index (χ2v) is 8.02. The summed E-state index contributed by atoms with van der Waals surface area (Å²) in [7, 11) is -2.56. The van der Waals surface area contributed by atoms with Gasteiger partial charge in [0.2, 0.25) is 10.0 Å². The lowest BCUT2D eigenvalue weighted by atomic mass is 9.99. The summed E-state index contributed by atoms with van der Waals surface area (Å²) in [5.74, 6) is -0.0706. The first kappa shape index (κ1) is 19.5. The Balaban J connectivity index is 1.82. The number of para-hydroxylation sites is 1. The van der Waals surface area contributed by atoms with E-state index in [-0.39, 0.29) is 19.0 Å². The molecule has 2 aromatic rings. The number of sulfonamides is 1. The zero-order valence-corrected chi connectivity index (χ0v) is 15.3. The first-order chi connectivity index (χ1) is 12.7. The van der Waals surface area contributed by atoms with E-state index in [1.807, 2.05) is 12.1 Å². The van der Waals surface area contributed by atoms with Crippen LogP contribution in [0.5, 0.6) is 11.5 Å². The van der Waals surface area contributed by atoms with Gasteiger partial charge >= 0.3 is 6.36 Å². The lowest BCUT2D eigenvalue weighted by Crippen LogP contribution is -2.30. The maximum atomic E-state index is 12.9. The number of hydrogen-bond donors (Lipinski definition) is 0. The van der Waals surface area contributed by atoms with E-state index in [0.29, 0.717) is 12.2 Å². The number of ether oxygens (including phenoxy) is 2. The molecule has 3 rings (SSSR count). The van der Waals surface area contributed by atoms with Gasteiger partial charge in [0.25, 0.3) is 0 Å². The molecule has 0 radical (unpaired) electrons. The normalized spacial score (nSPS) is 18.4. The molecule has 27 heavy (non-hydrogen) atoms. The Morgan fingerprint density at radius 3 is 2.37 bits per heavy atom. The Morgan fingerprint density at radius 1 is 1.07 bits per heavy atom. The molecule has 0 amide bonds. The molecule has 5 nitrogen and oxygen atoms in total. The van der Waals surface area contributed by atoms with Crippen LogP contribution in [0.25, 0.3) is 0 Å². The van der Waals surface area contributed by atoms with E-state index < -0.39 is 27.0 Å². The van der Waals surface area contributed by atoms with Gasteiger partial charge in [-0.15, -0.1) is 13.2 Å². The number of halogens is 3. The second-order valence-electron chi connectivity index (χ2n) is 6.12.